The molecule has 13 nitrogen and oxygen atoms in total. The lowest BCUT2D eigenvalue weighted by Crippen LogP contribution is -2.26. The van der Waals surface area contributed by atoms with E-state index in [1.807, 2.05) is 28.8 Å². The third-order valence-electron chi connectivity index (χ3n) is 9.66. The summed E-state index contributed by atoms with van der Waals surface area (Å²) in [5.74, 6) is -0.896. The number of phenols is 2. The summed E-state index contributed by atoms with van der Waals surface area (Å²) < 4.78 is 24.5. The van der Waals surface area contributed by atoms with Crippen LogP contribution in [0.5, 0.6) is 28.7 Å². The molecule has 288 valence electrons. The number of unbranched alkanes of at least 4 members (excludes halogenated alkanes) is 2. The van der Waals surface area contributed by atoms with E-state index in [9.17, 15) is 24.6 Å². The Morgan fingerprint density at radius 2 is 1.76 bits per heavy atom. The molecule has 0 saturated heterocycles. The van der Waals surface area contributed by atoms with E-state index in [-0.39, 0.29) is 40.6 Å². The number of hydrogen-bond acceptors (Lipinski definition) is 11. The molecule has 0 bridgehead atoms. The lowest BCUT2D eigenvalue weighted by atomic mass is 9.84. The van der Waals surface area contributed by atoms with Crippen molar-refractivity contribution in [1.82, 2.24) is 19.9 Å². The highest BCUT2D eigenvalue weighted by Gasteiger charge is 2.32. The number of benzene rings is 2. The van der Waals surface area contributed by atoms with Crippen molar-refractivity contribution in [2.75, 3.05) is 27.9 Å². The summed E-state index contributed by atoms with van der Waals surface area (Å²) in [7, 11) is 4.41. The Kier molecular flexibility index (Phi) is 13.9. The minimum atomic E-state index is -0.960. The van der Waals surface area contributed by atoms with Crippen LogP contribution in [-0.4, -0.2) is 76.4 Å². The number of amides is 1. The molecule has 3 heterocycles. The van der Waals surface area contributed by atoms with Crippen molar-refractivity contribution in [3.8, 4) is 28.7 Å². The van der Waals surface area contributed by atoms with E-state index in [1.54, 1.807) is 31.2 Å². The van der Waals surface area contributed by atoms with Crippen LogP contribution < -0.4 is 19.5 Å². The van der Waals surface area contributed by atoms with Crippen LogP contribution in [0.25, 0.3) is 11.7 Å². The number of esters is 1. The normalized spacial score (nSPS) is 15.9. The van der Waals surface area contributed by atoms with Crippen LogP contribution in [0.1, 0.15) is 110 Å². The SMILES string of the molecule is COc1cc(C(CC(=O)NCCCCCc2nnc3ccccn23)c2c(O)cc3c(c2O)C(=O)OC(C)CCCC(=O)CCCC=C3)cc(OC)c1OC. The molecule has 4 aromatic rings. The zero-order valence-electron chi connectivity index (χ0n) is 31.4. The fourth-order valence-electron chi connectivity index (χ4n) is 6.84. The summed E-state index contributed by atoms with van der Waals surface area (Å²) in [6, 6.07) is 10.5. The molecule has 2 aromatic carbocycles. The molecule has 1 amide bonds. The van der Waals surface area contributed by atoms with Crippen LogP contribution in [0.4, 0.5) is 0 Å². The van der Waals surface area contributed by atoms with E-state index >= 15 is 0 Å². The molecule has 0 radical (unpaired) electrons. The summed E-state index contributed by atoms with van der Waals surface area (Å²) in [6.45, 7) is 2.14. The Hall–Kier alpha value is -5.59. The van der Waals surface area contributed by atoms with Crippen molar-refractivity contribution in [3.63, 3.8) is 0 Å². The first kappa shape index (κ1) is 39.6. The maximum atomic E-state index is 13.8. The maximum absolute atomic E-state index is 13.8. The fourth-order valence-corrected chi connectivity index (χ4v) is 6.84. The molecule has 0 aliphatic carbocycles. The summed E-state index contributed by atoms with van der Waals surface area (Å²) in [5.41, 5.74) is 1.36. The van der Waals surface area contributed by atoms with E-state index in [0.717, 1.165) is 37.2 Å². The predicted molar refractivity (Wildman–Crippen MR) is 203 cm³/mol. The van der Waals surface area contributed by atoms with Crippen LogP contribution in [0.15, 0.2) is 48.7 Å². The van der Waals surface area contributed by atoms with Gasteiger partial charge < -0.3 is 34.5 Å². The topological polar surface area (TPSA) is 171 Å². The van der Waals surface area contributed by atoms with Gasteiger partial charge in [0.05, 0.1) is 27.4 Å². The average molecular weight is 743 g/mol. The van der Waals surface area contributed by atoms with Crippen molar-refractivity contribution >= 4 is 29.4 Å². The molecule has 0 fully saturated rings. The Morgan fingerprint density at radius 1 is 1.00 bits per heavy atom. The largest absolute Gasteiger partial charge is 0.507 e. The standard InChI is InChI=1S/C41H50N4O9/c1-26-14-13-17-29(46)16-8-5-7-15-27-22-31(47)38(39(49)37(27)41(50)54-26)30(28-23-32(51-2)40(53-4)33(24-28)52-3)25-36(48)42-20-11-6-9-18-34-43-44-35-19-10-12-21-45(34)35/h7,10,12,15,19,21-24,26,30,47,49H,5-6,8-9,11,13-14,16-18,20,25H2,1-4H3,(H,42,48). The van der Waals surface area contributed by atoms with Gasteiger partial charge in [-0.3, -0.25) is 14.0 Å². The number of carbonyl (C=O) groups is 3. The third-order valence-corrected chi connectivity index (χ3v) is 9.66. The quantitative estimate of drug-likeness (QED) is 0.0984. The number of hydrogen-bond donors (Lipinski definition) is 3. The van der Waals surface area contributed by atoms with Gasteiger partial charge in [-0.15, -0.1) is 10.2 Å². The van der Waals surface area contributed by atoms with Gasteiger partial charge >= 0.3 is 5.97 Å². The Balaban J connectivity index is 1.42. The second-order valence-corrected chi connectivity index (χ2v) is 13.5. The first-order chi connectivity index (χ1) is 26.1. The van der Waals surface area contributed by atoms with Crippen molar-refractivity contribution in [2.45, 2.75) is 89.6 Å². The van der Waals surface area contributed by atoms with Gasteiger partial charge in [0.25, 0.3) is 0 Å². The van der Waals surface area contributed by atoms with Gasteiger partial charge in [-0.25, -0.2) is 4.79 Å². The Morgan fingerprint density at radius 3 is 2.50 bits per heavy atom. The van der Waals surface area contributed by atoms with E-state index in [2.05, 4.69) is 15.5 Å². The van der Waals surface area contributed by atoms with Crippen molar-refractivity contribution in [1.29, 1.82) is 0 Å². The van der Waals surface area contributed by atoms with E-state index < -0.39 is 23.7 Å². The highest BCUT2D eigenvalue weighted by Crippen LogP contribution is 2.47. The highest BCUT2D eigenvalue weighted by molar-refractivity contribution is 5.98. The maximum Gasteiger partial charge on any atom is 0.342 e. The molecule has 54 heavy (non-hydrogen) atoms. The van der Waals surface area contributed by atoms with Gasteiger partial charge in [0, 0.05) is 49.9 Å². The van der Waals surface area contributed by atoms with Gasteiger partial charge in [0.2, 0.25) is 11.7 Å². The lowest BCUT2D eigenvalue weighted by Gasteiger charge is -2.24. The highest BCUT2D eigenvalue weighted by atomic mass is 16.5. The number of Topliss-reactive ketones (excluding diaryl/α,β-unsaturated/α-hetero) is 1. The van der Waals surface area contributed by atoms with E-state index in [1.165, 1.54) is 27.4 Å². The number of aromatic nitrogens is 3. The predicted octanol–water partition coefficient (Wildman–Crippen LogP) is 6.70. The van der Waals surface area contributed by atoms with Gasteiger partial charge in [-0.05, 0) is 86.9 Å². The summed E-state index contributed by atoms with van der Waals surface area (Å²) in [6.07, 6.45) is 10.9. The molecule has 3 N–H and O–H groups in total. The van der Waals surface area contributed by atoms with Crippen LogP contribution in [-0.2, 0) is 20.7 Å². The van der Waals surface area contributed by atoms with Gasteiger partial charge in [-0.1, -0.05) is 24.6 Å². The minimum Gasteiger partial charge on any atom is -0.507 e. The number of nitrogens with one attached hydrogen (secondary N) is 1. The van der Waals surface area contributed by atoms with Gasteiger partial charge in [0.1, 0.15) is 28.7 Å². The molecule has 1 aliphatic rings. The number of aryl methyl sites for hydroxylation is 1. The molecular weight excluding hydrogens is 692 g/mol. The average Bonchev–Trinajstić information content (AvgIpc) is 3.57. The Labute approximate surface area is 315 Å². The fraction of sp³-hybridized carbons (Fsp3) is 0.439. The van der Waals surface area contributed by atoms with Crippen LogP contribution in [0.3, 0.4) is 0 Å². The molecule has 2 aromatic heterocycles. The molecule has 0 saturated carbocycles. The molecule has 1 aliphatic heterocycles. The van der Waals surface area contributed by atoms with Crippen molar-refractivity contribution < 1.29 is 43.5 Å². The number of allylic oxidation sites excluding steroid dienone is 1. The summed E-state index contributed by atoms with van der Waals surface area (Å²) in [5, 5.41) is 35.0. The van der Waals surface area contributed by atoms with Crippen LogP contribution in [0.2, 0.25) is 0 Å². The number of ether oxygens (including phenoxy) is 4. The van der Waals surface area contributed by atoms with Crippen molar-refractivity contribution in [2.24, 2.45) is 0 Å². The van der Waals surface area contributed by atoms with Crippen molar-refractivity contribution in [3.05, 3.63) is 76.7 Å². The number of fused-ring (bicyclic) bond motifs is 2. The van der Waals surface area contributed by atoms with E-state index in [0.29, 0.717) is 67.9 Å². The lowest BCUT2D eigenvalue weighted by molar-refractivity contribution is -0.121. The molecule has 2 atom stereocenters. The molecular formula is C41H50N4O9. The number of ketones is 1. The summed E-state index contributed by atoms with van der Waals surface area (Å²) >= 11 is 0. The zero-order valence-corrected chi connectivity index (χ0v) is 31.4. The monoisotopic (exact) mass is 742 g/mol. The number of phenolic OH excluding ortho intramolecular Hbond substituents is 2. The second kappa shape index (κ2) is 18.9. The summed E-state index contributed by atoms with van der Waals surface area (Å²) in [4.78, 5) is 39.6. The van der Waals surface area contributed by atoms with Gasteiger partial charge in [0.15, 0.2) is 17.1 Å². The Bertz CT molecular complexity index is 1950. The smallest absolute Gasteiger partial charge is 0.342 e. The number of carbonyl (C=O) groups excluding carboxylic acids is 3. The minimum absolute atomic E-state index is 0.0246. The molecule has 0 spiro atoms. The van der Waals surface area contributed by atoms with Crippen LogP contribution in [0, 0.1) is 0 Å². The van der Waals surface area contributed by atoms with E-state index in [4.69, 9.17) is 18.9 Å². The molecule has 5 rings (SSSR count). The third kappa shape index (κ3) is 9.68. The number of cyclic esters (lactones) is 1. The van der Waals surface area contributed by atoms with Crippen LogP contribution >= 0.6 is 0 Å². The first-order valence-electron chi connectivity index (χ1n) is 18.5. The number of nitrogens with zero attached hydrogens (tertiary/aromatic N) is 3. The zero-order chi connectivity index (χ0) is 38.6. The number of methoxy groups -OCH3 is 3. The first-order valence-corrected chi connectivity index (χ1v) is 18.5. The van der Waals surface area contributed by atoms with Gasteiger partial charge in [-0.2, -0.15) is 0 Å². The molecule has 13 heteroatoms. The number of rotatable bonds is 13. The number of aromatic hydroxyl groups is 2. The second-order valence-electron chi connectivity index (χ2n) is 13.5. The molecule has 2 unspecified atom stereocenters. The number of pyridine rings is 1.